The van der Waals surface area contributed by atoms with Crippen LogP contribution in [-0.4, -0.2) is 54.3 Å². The molecule has 1 fully saturated rings. The number of carbonyl (C=O) groups is 1. The van der Waals surface area contributed by atoms with Gasteiger partial charge in [-0.15, -0.1) is 0 Å². The minimum atomic E-state index is -0.598. The van der Waals surface area contributed by atoms with Crippen molar-refractivity contribution in [2.24, 2.45) is 5.92 Å². The van der Waals surface area contributed by atoms with Gasteiger partial charge >= 0.3 is 0 Å². The van der Waals surface area contributed by atoms with Gasteiger partial charge in [0.25, 0.3) is 5.56 Å². The van der Waals surface area contributed by atoms with E-state index in [4.69, 9.17) is 9.72 Å². The summed E-state index contributed by atoms with van der Waals surface area (Å²) in [5.74, 6) is 1.23. The third-order valence-corrected chi connectivity index (χ3v) is 8.51. The highest BCUT2D eigenvalue weighted by atomic mass is 32.2. The quantitative estimate of drug-likeness (QED) is 0.429. The van der Waals surface area contributed by atoms with Gasteiger partial charge in [-0.25, -0.2) is 9.67 Å². The number of thioether (sulfide) groups is 1. The van der Waals surface area contributed by atoms with Crippen LogP contribution in [0.25, 0.3) is 16.7 Å². The van der Waals surface area contributed by atoms with Gasteiger partial charge in [0.2, 0.25) is 5.91 Å². The van der Waals surface area contributed by atoms with Gasteiger partial charge in [0.1, 0.15) is 11.1 Å². The van der Waals surface area contributed by atoms with Crippen LogP contribution in [0.1, 0.15) is 65.0 Å². The summed E-state index contributed by atoms with van der Waals surface area (Å²) in [5, 5.41) is 5.59. The van der Waals surface area contributed by atoms with Crippen LogP contribution < -0.4 is 5.56 Å². The van der Waals surface area contributed by atoms with Crippen LogP contribution in [0.4, 0.5) is 0 Å². The molecule has 0 N–H and O–H groups in total. The molecule has 0 spiro atoms. The van der Waals surface area contributed by atoms with E-state index in [1.165, 1.54) is 11.8 Å². The molecular formula is C27H35N5O3S. The average Bonchev–Trinajstić information content (AvgIpc) is 3.54. The number of rotatable bonds is 7. The lowest BCUT2D eigenvalue weighted by Gasteiger charge is -2.37. The van der Waals surface area contributed by atoms with Crippen molar-refractivity contribution in [3.63, 3.8) is 0 Å². The van der Waals surface area contributed by atoms with E-state index in [0.29, 0.717) is 34.5 Å². The van der Waals surface area contributed by atoms with Crippen molar-refractivity contribution in [1.29, 1.82) is 0 Å². The average molecular weight is 510 g/mol. The molecule has 3 unspecified atom stereocenters. The Kier molecular flexibility index (Phi) is 6.72. The Morgan fingerprint density at radius 2 is 2.11 bits per heavy atom. The van der Waals surface area contributed by atoms with Gasteiger partial charge in [0.05, 0.1) is 30.6 Å². The molecule has 1 amide bonds. The minimum Gasteiger partial charge on any atom is -0.354 e. The van der Waals surface area contributed by atoms with E-state index in [1.807, 2.05) is 43.0 Å². The van der Waals surface area contributed by atoms with Gasteiger partial charge in [0, 0.05) is 12.2 Å². The zero-order valence-electron chi connectivity index (χ0n) is 21.7. The zero-order valence-corrected chi connectivity index (χ0v) is 22.5. The van der Waals surface area contributed by atoms with E-state index in [9.17, 15) is 9.59 Å². The van der Waals surface area contributed by atoms with Crippen LogP contribution in [0, 0.1) is 12.8 Å². The van der Waals surface area contributed by atoms with Crippen LogP contribution in [0.2, 0.25) is 0 Å². The number of aromatic nitrogens is 4. The molecule has 0 radical (unpaired) electrons. The van der Waals surface area contributed by atoms with E-state index < -0.39 is 5.72 Å². The van der Waals surface area contributed by atoms with E-state index in [-0.39, 0.29) is 30.0 Å². The maximum Gasteiger partial charge on any atom is 0.265 e. The Morgan fingerprint density at radius 3 is 2.83 bits per heavy atom. The monoisotopic (exact) mass is 509 g/mol. The molecule has 5 rings (SSSR count). The highest BCUT2D eigenvalue weighted by Crippen LogP contribution is 2.38. The summed E-state index contributed by atoms with van der Waals surface area (Å²) in [6.07, 6.45) is 4.50. The van der Waals surface area contributed by atoms with E-state index in [1.54, 1.807) is 15.4 Å². The maximum absolute atomic E-state index is 13.7. The third kappa shape index (κ3) is 4.36. The highest BCUT2D eigenvalue weighted by molar-refractivity contribution is 7.99. The van der Waals surface area contributed by atoms with Gasteiger partial charge in [-0.05, 0) is 56.7 Å². The summed E-state index contributed by atoms with van der Waals surface area (Å²) in [6.45, 7) is 11.1. The minimum absolute atomic E-state index is 0.0477. The SMILES string of the molecule is CCC1COC(C)(CCC(C)C)N1C(=O)CC1CSc2nc3c(cnn3-c3cccc(C)c3)c(=O)n21. The van der Waals surface area contributed by atoms with E-state index >= 15 is 0 Å². The largest absolute Gasteiger partial charge is 0.354 e. The molecule has 0 bridgehead atoms. The molecule has 0 saturated carbocycles. The first-order valence-corrected chi connectivity index (χ1v) is 13.9. The van der Waals surface area contributed by atoms with E-state index in [2.05, 4.69) is 25.9 Å². The molecule has 192 valence electrons. The Labute approximate surface area is 216 Å². The van der Waals surface area contributed by atoms with Gasteiger partial charge in [-0.1, -0.05) is 44.7 Å². The summed E-state index contributed by atoms with van der Waals surface area (Å²) in [5.41, 5.74) is 1.80. The molecule has 1 saturated heterocycles. The Balaban J connectivity index is 1.44. The molecule has 1 aromatic carbocycles. The summed E-state index contributed by atoms with van der Waals surface area (Å²) < 4.78 is 9.63. The van der Waals surface area contributed by atoms with Gasteiger partial charge in [-0.3, -0.25) is 14.2 Å². The van der Waals surface area contributed by atoms with Crippen LogP contribution in [0.3, 0.4) is 0 Å². The fourth-order valence-electron chi connectivity index (χ4n) is 5.35. The molecule has 0 aliphatic carbocycles. The molecule has 8 nitrogen and oxygen atoms in total. The van der Waals surface area contributed by atoms with Crippen molar-refractivity contribution < 1.29 is 9.53 Å². The Hall–Kier alpha value is -2.65. The number of aryl methyl sites for hydroxylation is 1. The lowest BCUT2D eigenvalue weighted by molar-refractivity contribution is -0.151. The predicted octanol–water partition coefficient (Wildman–Crippen LogP) is 4.72. The number of fused-ring (bicyclic) bond motifs is 2. The summed E-state index contributed by atoms with van der Waals surface area (Å²) in [6, 6.07) is 7.79. The van der Waals surface area contributed by atoms with Crippen molar-refractivity contribution >= 4 is 28.7 Å². The number of amides is 1. The molecule has 3 atom stereocenters. The predicted molar refractivity (Wildman–Crippen MR) is 142 cm³/mol. The summed E-state index contributed by atoms with van der Waals surface area (Å²) in [7, 11) is 0. The molecule has 36 heavy (non-hydrogen) atoms. The fourth-order valence-corrected chi connectivity index (χ4v) is 6.48. The standard InChI is InChI=1S/C27H35N5O3S/c1-6-19-15-35-27(5,11-10-17(2)3)31(19)23(33)13-21-16-36-26-29-24-22(25(34)30(21)26)14-28-32(24)20-9-7-8-18(4)12-20/h7-9,12,14,17,19,21H,6,10-11,13,15-16H2,1-5H3. The molecule has 2 aliphatic heterocycles. The summed E-state index contributed by atoms with van der Waals surface area (Å²) >= 11 is 1.53. The molecule has 2 aromatic heterocycles. The molecule has 2 aliphatic rings. The first-order chi connectivity index (χ1) is 17.2. The summed E-state index contributed by atoms with van der Waals surface area (Å²) in [4.78, 5) is 34.1. The number of carbonyl (C=O) groups excluding carboxylic acids is 1. The number of benzene rings is 1. The Morgan fingerprint density at radius 1 is 1.31 bits per heavy atom. The maximum atomic E-state index is 13.7. The highest BCUT2D eigenvalue weighted by Gasteiger charge is 2.46. The molecule has 4 heterocycles. The topological polar surface area (TPSA) is 82.2 Å². The van der Waals surface area contributed by atoms with Crippen molar-refractivity contribution in [1.82, 2.24) is 24.2 Å². The Bertz CT molecular complexity index is 1350. The van der Waals surface area contributed by atoms with Crippen LogP contribution in [0.5, 0.6) is 0 Å². The lowest BCUT2D eigenvalue weighted by atomic mass is 9.99. The first kappa shape index (κ1) is 25.0. The molecule has 3 aromatic rings. The van der Waals surface area contributed by atoms with Gasteiger partial charge in [0.15, 0.2) is 10.8 Å². The van der Waals surface area contributed by atoms with Gasteiger partial charge < -0.3 is 9.64 Å². The van der Waals surface area contributed by atoms with E-state index in [0.717, 1.165) is 30.5 Å². The fraction of sp³-hybridized carbons (Fsp3) is 0.556. The van der Waals surface area contributed by atoms with Crippen molar-refractivity contribution in [3.05, 3.63) is 46.4 Å². The first-order valence-electron chi connectivity index (χ1n) is 12.9. The van der Waals surface area contributed by atoms with Crippen molar-refractivity contribution in [2.45, 2.75) is 83.3 Å². The smallest absolute Gasteiger partial charge is 0.265 e. The second kappa shape index (κ2) is 9.67. The number of ether oxygens (including phenoxy) is 1. The molecular weight excluding hydrogens is 474 g/mol. The van der Waals surface area contributed by atoms with Crippen molar-refractivity contribution in [2.75, 3.05) is 12.4 Å². The normalized spacial score (nSPS) is 23.7. The van der Waals surface area contributed by atoms with Crippen LogP contribution in [-0.2, 0) is 9.53 Å². The molecule has 9 heteroatoms. The number of hydrogen-bond acceptors (Lipinski definition) is 6. The number of nitrogens with zero attached hydrogens (tertiary/aromatic N) is 5. The van der Waals surface area contributed by atoms with Crippen LogP contribution >= 0.6 is 11.8 Å². The third-order valence-electron chi connectivity index (χ3n) is 7.41. The number of hydrogen-bond donors (Lipinski definition) is 0. The lowest BCUT2D eigenvalue weighted by Crippen LogP contribution is -2.50. The van der Waals surface area contributed by atoms with Crippen LogP contribution in [0.15, 0.2) is 40.4 Å². The zero-order chi connectivity index (χ0) is 25.6. The second-order valence-electron chi connectivity index (χ2n) is 10.6. The second-order valence-corrected chi connectivity index (χ2v) is 11.6. The van der Waals surface area contributed by atoms with Crippen molar-refractivity contribution in [3.8, 4) is 5.69 Å². The van der Waals surface area contributed by atoms with Gasteiger partial charge in [-0.2, -0.15) is 5.10 Å².